The lowest BCUT2D eigenvalue weighted by Crippen LogP contribution is -2.42. The van der Waals surface area contributed by atoms with Crippen molar-refractivity contribution in [1.82, 2.24) is 4.90 Å². The average molecular weight is 368 g/mol. The summed E-state index contributed by atoms with van der Waals surface area (Å²) in [6.45, 7) is 0.842. The SMILES string of the molecule is COc1ccc2c(c1)[C@]1(CCN(C(=O)Cc3cccc(F)c3)C1)C(=O)N2C. The van der Waals surface area contributed by atoms with Crippen molar-refractivity contribution in [2.45, 2.75) is 18.3 Å². The summed E-state index contributed by atoms with van der Waals surface area (Å²) in [7, 11) is 3.36. The molecule has 0 bridgehead atoms. The topological polar surface area (TPSA) is 49.9 Å². The Morgan fingerprint density at radius 2 is 2.07 bits per heavy atom. The molecule has 1 spiro atoms. The second-order valence-electron chi connectivity index (χ2n) is 7.20. The predicted molar refractivity (Wildman–Crippen MR) is 99.4 cm³/mol. The molecular formula is C21H21FN2O3. The summed E-state index contributed by atoms with van der Waals surface area (Å²) in [6, 6.07) is 11.7. The molecular weight excluding hydrogens is 347 g/mol. The van der Waals surface area contributed by atoms with E-state index >= 15 is 0 Å². The van der Waals surface area contributed by atoms with Crippen LogP contribution in [0.3, 0.4) is 0 Å². The van der Waals surface area contributed by atoms with Gasteiger partial charge in [0.15, 0.2) is 0 Å². The zero-order valence-electron chi connectivity index (χ0n) is 15.4. The van der Waals surface area contributed by atoms with E-state index in [0.717, 1.165) is 11.3 Å². The summed E-state index contributed by atoms with van der Waals surface area (Å²) in [5.74, 6) is 0.253. The highest BCUT2D eigenvalue weighted by molar-refractivity contribution is 6.08. The van der Waals surface area contributed by atoms with Gasteiger partial charge in [-0.15, -0.1) is 0 Å². The Balaban J connectivity index is 1.60. The molecule has 5 nitrogen and oxygen atoms in total. The number of halogens is 1. The monoisotopic (exact) mass is 368 g/mol. The standard InChI is InChI=1S/C21H21FN2O3/c1-23-18-7-6-16(27-2)12-17(18)21(20(23)26)8-9-24(13-21)19(25)11-14-4-3-5-15(22)10-14/h3-7,10,12H,8-9,11,13H2,1-2H3/t21-/m1/s1. The van der Waals surface area contributed by atoms with Crippen LogP contribution in [0.15, 0.2) is 42.5 Å². The summed E-state index contributed by atoms with van der Waals surface area (Å²) < 4.78 is 18.7. The Kier molecular flexibility index (Phi) is 4.13. The predicted octanol–water partition coefficient (Wildman–Crippen LogP) is 2.52. The first-order chi connectivity index (χ1) is 12.9. The highest BCUT2D eigenvalue weighted by atomic mass is 19.1. The fourth-order valence-corrected chi connectivity index (χ4v) is 4.21. The van der Waals surface area contributed by atoms with Gasteiger partial charge in [-0.3, -0.25) is 9.59 Å². The van der Waals surface area contributed by atoms with Crippen molar-refractivity contribution in [3.63, 3.8) is 0 Å². The largest absolute Gasteiger partial charge is 0.497 e. The van der Waals surface area contributed by atoms with Crippen molar-refractivity contribution in [3.05, 3.63) is 59.4 Å². The molecule has 2 aliphatic heterocycles. The van der Waals surface area contributed by atoms with E-state index in [1.807, 2.05) is 18.2 Å². The van der Waals surface area contributed by atoms with Gasteiger partial charge in [0.2, 0.25) is 11.8 Å². The van der Waals surface area contributed by atoms with Crippen LogP contribution in [-0.2, 0) is 21.4 Å². The van der Waals surface area contributed by atoms with Gasteiger partial charge in [-0.1, -0.05) is 12.1 Å². The summed E-state index contributed by atoms with van der Waals surface area (Å²) in [5, 5.41) is 0. The first-order valence-corrected chi connectivity index (χ1v) is 8.93. The van der Waals surface area contributed by atoms with Crippen LogP contribution in [0.2, 0.25) is 0 Å². The number of amides is 2. The number of rotatable bonds is 3. The van der Waals surface area contributed by atoms with Gasteiger partial charge in [0.05, 0.1) is 18.9 Å². The van der Waals surface area contributed by atoms with Crippen molar-refractivity contribution in [1.29, 1.82) is 0 Å². The number of benzene rings is 2. The normalized spacial score (nSPS) is 21.1. The zero-order chi connectivity index (χ0) is 19.2. The fraction of sp³-hybridized carbons (Fsp3) is 0.333. The van der Waals surface area contributed by atoms with Gasteiger partial charge >= 0.3 is 0 Å². The van der Waals surface area contributed by atoms with E-state index in [0.29, 0.717) is 30.8 Å². The number of ether oxygens (including phenoxy) is 1. The molecule has 6 heteroatoms. The molecule has 2 amide bonds. The minimum Gasteiger partial charge on any atom is -0.497 e. The number of methoxy groups -OCH3 is 1. The van der Waals surface area contributed by atoms with Crippen molar-refractivity contribution < 1.29 is 18.7 Å². The smallest absolute Gasteiger partial charge is 0.239 e. The molecule has 0 unspecified atom stereocenters. The number of carbonyl (C=O) groups excluding carboxylic acids is 2. The number of hydrogen-bond donors (Lipinski definition) is 0. The van der Waals surface area contributed by atoms with Gasteiger partial charge in [0, 0.05) is 25.8 Å². The van der Waals surface area contributed by atoms with Crippen LogP contribution in [-0.4, -0.2) is 44.0 Å². The molecule has 2 heterocycles. The third kappa shape index (κ3) is 2.76. The molecule has 0 radical (unpaired) electrons. The van der Waals surface area contributed by atoms with Crippen LogP contribution in [0.1, 0.15) is 17.5 Å². The van der Waals surface area contributed by atoms with Gasteiger partial charge in [-0.05, 0) is 47.9 Å². The molecule has 0 aromatic heterocycles. The molecule has 0 N–H and O–H groups in total. The molecule has 27 heavy (non-hydrogen) atoms. The molecule has 4 rings (SSSR count). The molecule has 140 valence electrons. The Morgan fingerprint density at radius 1 is 1.26 bits per heavy atom. The number of anilines is 1. The lowest BCUT2D eigenvalue weighted by molar-refractivity contribution is -0.130. The molecule has 2 aromatic rings. The summed E-state index contributed by atoms with van der Waals surface area (Å²) in [6.07, 6.45) is 0.702. The second-order valence-corrected chi connectivity index (χ2v) is 7.20. The van der Waals surface area contributed by atoms with Crippen molar-refractivity contribution in [3.8, 4) is 5.75 Å². The van der Waals surface area contributed by atoms with E-state index in [4.69, 9.17) is 4.74 Å². The summed E-state index contributed by atoms with van der Waals surface area (Å²) in [4.78, 5) is 29.2. The van der Waals surface area contributed by atoms with Crippen LogP contribution in [0.5, 0.6) is 5.75 Å². The highest BCUT2D eigenvalue weighted by Crippen LogP contribution is 2.48. The first-order valence-electron chi connectivity index (χ1n) is 8.93. The third-order valence-corrected chi connectivity index (χ3v) is 5.66. The van der Waals surface area contributed by atoms with E-state index in [-0.39, 0.29) is 24.1 Å². The van der Waals surface area contributed by atoms with Crippen LogP contribution in [0.4, 0.5) is 10.1 Å². The van der Waals surface area contributed by atoms with Gasteiger partial charge in [-0.25, -0.2) is 4.39 Å². The minimum absolute atomic E-state index is 0.00630. The molecule has 0 saturated carbocycles. The molecule has 1 saturated heterocycles. The Hall–Kier alpha value is -2.89. The quantitative estimate of drug-likeness (QED) is 0.837. The highest BCUT2D eigenvalue weighted by Gasteiger charge is 2.54. The Labute approximate surface area is 157 Å². The van der Waals surface area contributed by atoms with Crippen molar-refractivity contribution in [2.24, 2.45) is 0 Å². The minimum atomic E-state index is -0.726. The number of nitrogens with zero attached hydrogens (tertiary/aromatic N) is 2. The van der Waals surface area contributed by atoms with E-state index in [9.17, 15) is 14.0 Å². The van der Waals surface area contributed by atoms with Crippen LogP contribution in [0.25, 0.3) is 0 Å². The molecule has 2 aliphatic rings. The van der Waals surface area contributed by atoms with E-state index < -0.39 is 5.41 Å². The van der Waals surface area contributed by atoms with E-state index in [1.54, 1.807) is 36.1 Å². The Morgan fingerprint density at radius 3 is 2.81 bits per heavy atom. The molecule has 0 aliphatic carbocycles. The fourth-order valence-electron chi connectivity index (χ4n) is 4.21. The lowest BCUT2D eigenvalue weighted by Gasteiger charge is -2.23. The average Bonchev–Trinajstić information content (AvgIpc) is 3.20. The summed E-state index contributed by atoms with van der Waals surface area (Å²) >= 11 is 0. The third-order valence-electron chi connectivity index (χ3n) is 5.66. The van der Waals surface area contributed by atoms with Crippen LogP contribution in [0, 0.1) is 5.82 Å². The van der Waals surface area contributed by atoms with Gasteiger partial charge in [0.25, 0.3) is 0 Å². The van der Waals surface area contributed by atoms with Gasteiger partial charge in [-0.2, -0.15) is 0 Å². The van der Waals surface area contributed by atoms with Crippen LogP contribution >= 0.6 is 0 Å². The maximum absolute atomic E-state index is 13.4. The van der Waals surface area contributed by atoms with E-state index in [2.05, 4.69) is 0 Å². The van der Waals surface area contributed by atoms with Gasteiger partial charge in [0.1, 0.15) is 11.6 Å². The Bertz CT molecular complexity index is 929. The molecule has 1 atom stereocenters. The zero-order valence-corrected chi connectivity index (χ0v) is 15.4. The lowest BCUT2D eigenvalue weighted by atomic mass is 9.81. The number of carbonyl (C=O) groups is 2. The molecule has 1 fully saturated rings. The maximum atomic E-state index is 13.4. The van der Waals surface area contributed by atoms with Crippen molar-refractivity contribution >= 4 is 17.5 Å². The van der Waals surface area contributed by atoms with Gasteiger partial charge < -0.3 is 14.5 Å². The molecule has 2 aromatic carbocycles. The number of fused-ring (bicyclic) bond motifs is 2. The second kappa shape index (κ2) is 6.37. The summed E-state index contributed by atoms with van der Waals surface area (Å²) in [5.41, 5.74) is 1.68. The first kappa shape index (κ1) is 17.5. The van der Waals surface area contributed by atoms with Crippen molar-refractivity contribution in [2.75, 3.05) is 32.1 Å². The van der Waals surface area contributed by atoms with Crippen LogP contribution < -0.4 is 9.64 Å². The number of hydrogen-bond acceptors (Lipinski definition) is 3. The maximum Gasteiger partial charge on any atom is 0.239 e. The van der Waals surface area contributed by atoms with E-state index in [1.165, 1.54) is 12.1 Å². The number of likely N-dealkylation sites (tertiary alicyclic amines) is 1. The number of likely N-dealkylation sites (N-methyl/N-ethyl adjacent to an activating group) is 1.